The fourth-order valence-corrected chi connectivity index (χ4v) is 2.90. The molecule has 0 aliphatic carbocycles. The quantitative estimate of drug-likeness (QED) is 0.741. The molecule has 0 aliphatic rings. The lowest BCUT2D eigenvalue weighted by atomic mass is 10.2. The zero-order valence-electron chi connectivity index (χ0n) is 12.1. The molecule has 3 rings (SSSR count). The Morgan fingerprint density at radius 1 is 1.18 bits per heavy atom. The molecule has 2 aromatic heterocycles. The minimum atomic E-state index is -0.0738. The number of nitrogens with zero attached hydrogens (tertiary/aromatic N) is 3. The van der Waals surface area contributed by atoms with Gasteiger partial charge in [-0.05, 0) is 17.7 Å². The first-order valence-electron chi connectivity index (χ1n) is 6.89. The highest BCUT2D eigenvalue weighted by atomic mass is 32.1. The zero-order valence-corrected chi connectivity index (χ0v) is 13.0. The molecule has 0 bridgehead atoms. The first kappa shape index (κ1) is 14.4. The number of carbonyl (C=O) groups is 1. The van der Waals surface area contributed by atoms with Crippen LogP contribution in [-0.4, -0.2) is 27.8 Å². The molecule has 0 aliphatic heterocycles. The normalized spacial score (nSPS) is 10.4. The predicted molar refractivity (Wildman–Crippen MR) is 87.6 cm³/mol. The Hall–Kier alpha value is -2.53. The van der Waals surface area contributed by atoms with Crippen LogP contribution in [0.3, 0.4) is 0 Å². The minimum Gasteiger partial charge on any atom is -0.336 e. The van der Waals surface area contributed by atoms with Crippen molar-refractivity contribution in [3.8, 4) is 10.6 Å². The number of carbonyl (C=O) groups excluding carboxylic acids is 1. The number of hydrogen-bond acceptors (Lipinski definition) is 4. The summed E-state index contributed by atoms with van der Waals surface area (Å²) in [7, 11) is 1.79. The molecule has 0 atom stereocenters. The van der Waals surface area contributed by atoms with Gasteiger partial charge >= 0.3 is 0 Å². The van der Waals surface area contributed by atoms with Crippen molar-refractivity contribution in [3.05, 3.63) is 71.5 Å². The summed E-state index contributed by atoms with van der Waals surface area (Å²) < 4.78 is 0. The number of amides is 1. The Balaban J connectivity index is 1.74. The molecular formula is C17H15N3OS. The highest BCUT2D eigenvalue weighted by Gasteiger charge is 2.16. The van der Waals surface area contributed by atoms with Crippen LogP contribution >= 0.6 is 11.3 Å². The van der Waals surface area contributed by atoms with Gasteiger partial charge in [0.2, 0.25) is 0 Å². The molecule has 110 valence electrons. The molecule has 0 spiro atoms. The largest absolute Gasteiger partial charge is 0.336 e. The van der Waals surface area contributed by atoms with E-state index in [0.29, 0.717) is 12.2 Å². The van der Waals surface area contributed by atoms with E-state index in [1.54, 1.807) is 29.7 Å². The maximum absolute atomic E-state index is 12.4. The SMILES string of the molecule is CN(Cc1ccccc1)C(=O)c1csc(-c2cccnc2)n1. The summed E-state index contributed by atoms with van der Waals surface area (Å²) in [5.41, 5.74) is 2.50. The topological polar surface area (TPSA) is 46.1 Å². The minimum absolute atomic E-state index is 0.0738. The van der Waals surface area contributed by atoms with Gasteiger partial charge < -0.3 is 4.90 Å². The highest BCUT2D eigenvalue weighted by molar-refractivity contribution is 7.13. The molecule has 22 heavy (non-hydrogen) atoms. The third-order valence-electron chi connectivity index (χ3n) is 3.24. The molecule has 0 radical (unpaired) electrons. The first-order valence-corrected chi connectivity index (χ1v) is 7.77. The lowest BCUT2D eigenvalue weighted by molar-refractivity contribution is 0.0780. The molecule has 0 unspecified atom stereocenters. The van der Waals surface area contributed by atoms with E-state index in [1.807, 2.05) is 42.5 Å². The van der Waals surface area contributed by atoms with Crippen molar-refractivity contribution in [3.63, 3.8) is 0 Å². The smallest absolute Gasteiger partial charge is 0.273 e. The standard InChI is InChI=1S/C17H15N3OS/c1-20(11-13-6-3-2-4-7-13)17(21)15-12-22-16(19-15)14-8-5-9-18-10-14/h2-10,12H,11H2,1H3. The lowest BCUT2D eigenvalue weighted by Crippen LogP contribution is -2.26. The van der Waals surface area contributed by atoms with Gasteiger partial charge in [0, 0.05) is 36.9 Å². The van der Waals surface area contributed by atoms with Crippen molar-refractivity contribution in [2.75, 3.05) is 7.05 Å². The van der Waals surface area contributed by atoms with Crippen molar-refractivity contribution < 1.29 is 4.79 Å². The summed E-state index contributed by atoms with van der Waals surface area (Å²) in [6.45, 7) is 0.569. The van der Waals surface area contributed by atoms with Gasteiger partial charge in [0.05, 0.1) is 0 Å². The Bertz CT molecular complexity index is 756. The molecule has 3 aromatic rings. The van der Waals surface area contributed by atoms with Crippen molar-refractivity contribution in [2.45, 2.75) is 6.54 Å². The molecule has 0 N–H and O–H groups in total. The summed E-state index contributed by atoms with van der Waals surface area (Å²) in [5, 5.41) is 2.61. The van der Waals surface area contributed by atoms with Gasteiger partial charge in [-0.1, -0.05) is 30.3 Å². The maximum Gasteiger partial charge on any atom is 0.273 e. The van der Waals surface area contributed by atoms with Gasteiger partial charge in [0.25, 0.3) is 5.91 Å². The number of benzene rings is 1. The Kier molecular flexibility index (Phi) is 4.25. The number of rotatable bonds is 4. The molecule has 1 aromatic carbocycles. The van der Waals surface area contributed by atoms with Gasteiger partial charge in [-0.3, -0.25) is 9.78 Å². The van der Waals surface area contributed by atoms with Crippen LogP contribution in [0.2, 0.25) is 0 Å². The van der Waals surface area contributed by atoms with E-state index in [2.05, 4.69) is 9.97 Å². The second-order valence-electron chi connectivity index (χ2n) is 4.93. The van der Waals surface area contributed by atoms with Gasteiger partial charge in [-0.25, -0.2) is 4.98 Å². The van der Waals surface area contributed by atoms with Gasteiger partial charge in [-0.2, -0.15) is 0 Å². The Labute approximate surface area is 133 Å². The van der Waals surface area contributed by atoms with Crippen LogP contribution in [0.25, 0.3) is 10.6 Å². The maximum atomic E-state index is 12.4. The van der Waals surface area contributed by atoms with E-state index in [4.69, 9.17) is 0 Å². The average molecular weight is 309 g/mol. The van der Waals surface area contributed by atoms with E-state index in [9.17, 15) is 4.79 Å². The second-order valence-corrected chi connectivity index (χ2v) is 5.78. The molecule has 4 nitrogen and oxygen atoms in total. The van der Waals surface area contributed by atoms with E-state index >= 15 is 0 Å². The summed E-state index contributed by atoms with van der Waals surface area (Å²) in [4.78, 5) is 22.6. The summed E-state index contributed by atoms with van der Waals surface area (Å²) >= 11 is 1.46. The van der Waals surface area contributed by atoms with E-state index in [0.717, 1.165) is 16.1 Å². The molecule has 0 saturated carbocycles. The highest BCUT2D eigenvalue weighted by Crippen LogP contribution is 2.23. The van der Waals surface area contributed by atoms with E-state index in [-0.39, 0.29) is 5.91 Å². The summed E-state index contributed by atoms with van der Waals surface area (Å²) in [6, 6.07) is 13.7. The van der Waals surface area contributed by atoms with Crippen LogP contribution in [0.1, 0.15) is 16.1 Å². The monoisotopic (exact) mass is 309 g/mol. The van der Waals surface area contributed by atoms with Crippen LogP contribution in [0.4, 0.5) is 0 Å². The fourth-order valence-electron chi connectivity index (χ4n) is 2.12. The third kappa shape index (κ3) is 3.20. The summed E-state index contributed by atoms with van der Waals surface area (Å²) in [6.07, 6.45) is 3.47. The fraction of sp³-hybridized carbons (Fsp3) is 0.118. The molecule has 1 amide bonds. The van der Waals surface area contributed by atoms with Crippen molar-refractivity contribution in [1.82, 2.24) is 14.9 Å². The number of aromatic nitrogens is 2. The van der Waals surface area contributed by atoms with Gasteiger partial charge in [-0.15, -0.1) is 11.3 Å². The van der Waals surface area contributed by atoms with Crippen LogP contribution in [0.15, 0.2) is 60.2 Å². The van der Waals surface area contributed by atoms with Gasteiger partial charge in [0.1, 0.15) is 10.7 Å². The average Bonchev–Trinajstić information content (AvgIpc) is 3.06. The van der Waals surface area contributed by atoms with Crippen molar-refractivity contribution >= 4 is 17.2 Å². The Morgan fingerprint density at radius 2 is 2.00 bits per heavy atom. The molecule has 5 heteroatoms. The van der Waals surface area contributed by atoms with Crippen LogP contribution < -0.4 is 0 Å². The number of hydrogen-bond donors (Lipinski definition) is 0. The third-order valence-corrected chi connectivity index (χ3v) is 4.13. The Morgan fingerprint density at radius 3 is 2.73 bits per heavy atom. The molecule has 0 saturated heterocycles. The zero-order chi connectivity index (χ0) is 15.4. The van der Waals surface area contributed by atoms with Crippen LogP contribution in [0.5, 0.6) is 0 Å². The van der Waals surface area contributed by atoms with Gasteiger partial charge in [0.15, 0.2) is 0 Å². The molecule has 2 heterocycles. The van der Waals surface area contributed by atoms with Crippen LogP contribution in [0, 0.1) is 0 Å². The van der Waals surface area contributed by atoms with Crippen LogP contribution in [-0.2, 0) is 6.54 Å². The molecule has 0 fully saturated rings. The lowest BCUT2D eigenvalue weighted by Gasteiger charge is -2.15. The van der Waals surface area contributed by atoms with E-state index < -0.39 is 0 Å². The first-order chi connectivity index (χ1) is 10.7. The number of pyridine rings is 1. The summed E-state index contributed by atoms with van der Waals surface area (Å²) in [5.74, 6) is -0.0738. The van der Waals surface area contributed by atoms with E-state index in [1.165, 1.54) is 11.3 Å². The number of thiazole rings is 1. The van der Waals surface area contributed by atoms with Crippen molar-refractivity contribution in [2.24, 2.45) is 0 Å². The second kappa shape index (κ2) is 6.49. The predicted octanol–water partition coefficient (Wildman–Crippen LogP) is 3.48. The molecular weight excluding hydrogens is 294 g/mol. The van der Waals surface area contributed by atoms with Crippen molar-refractivity contribution in [1.29, 1.82) is 0 Å².